The van der Waals surface area contributed by atoms with E-state index in [1.807, 2.05) is 42.5 Å². The van der Waals surface area contributed by atoms with Crippen molar-refractivity contribution in [3.05, 3.63) is 138 Å². The topological polar surface area (TPSA) is 77.6 Å². The number of hydrogen-bond donors (Lipinski definition) is 0. The van der Waals surface area contributed by atoms with Crippen LogP contribution in [-0.4, -0.2) is 41.1 Å². The molecule has 0 saturated heterocycles. The Hall–Kier alpha value is -5.00. The Morgan fingerprint density at radius 2 is 1.34 bits per heavy atom. The third-order valence-electron chi connectivity index (χ3n) is 11.9. The molecule has 10 heteroatoms. The fourth-order valence-corrected chi connectivity index (χ4v) is 18.3. The summed E-state index contributed by atoms with van der Waals surface area (Å²) in [6, 6.07) is 30.8. The molecule has 331 valence electrons. The van der Waals surface area contributed by atoms with Gasteiger partial charge in [-0.25, -0.2) is 15.0 Å². The fourth-order valence-electron chi connectivity index (χ4n) is 8.02. The summed E-state index contributed by atoms with van der Waals surface area (Å²) < 4.78 is 92.4. The summed E-state index contributed by atoms with van der Waals surface area (Å²) in [6.07, 6.45) is 2.68. The van der Waals surface area contributed by atoms with Crippen LogP contribution in [-0.2, 0) is 30.9 Å². The summed E-state index contributed by atoms with van der Waals surface area (Å²) in [4.78, 5) is 23.3. The Morgan fingerprint density at radius 1 is 0.672 bits per heavy atom. The SMILES string of the molecule is [2H]C([2H])([2H])c1ccc(-c2[c-]cc(F)cc2)nc1.[2H]C([2H])([2H])c1cnc(-c2[c-]ccc3c2oc2cc(-c4nc(C(C)(C)C)nc(C(C)(C)C)n4)ccc23)cc1-c1cc2c(cc1C([2H])([2H])[2H])[Si](C)(C)CC[Si]2(C)C.[Ir]. The largest absolute Gasteiger partial charge is 0.501 e. The molecule has 6 nitrogen and oxygen atoms in total. The van der Waals surface area contributed by atoms with Crippen LogP contribution in [0.2, 0.25) is 38.3 Å². The molecule has 1 radical (unpaired) electrons. The van der Waals surface area contributed by atoms with Crippen molar-refractivity contribution in [1.29, 1.82) is 0 Å². The molecule has 4 aromatic carbocycles. The smallest absolute Gasteiger partial charge is 0.163 e. The van der Waals surface area contributed by atoms with Crippen molar-refractivity contribution >= 4 is 48.5 Å². The van der Waals surface area contributed by atoms with Gasteiger partial charge < -0.3 is 14.4 Å². The summed E-state index contributed by atoms with van der Waals surface area (Å²) in [6.45, 7) is 14.6. The minimum atomic E-state index is -2.54. The van der Waals surface area contributed by atoms with E-state index in [1.54, 1.807) is 18.2 Å². The van der Waals surface area contributed by atoms with Gasteiger partial charge in [0.25, 0.3) is 0 Å². The monoisotopic (exact) mass is 1070 g/mol. The number of furan rings is 1. The first-order valence-corrected chi connectivity index (χ1v) is 27.6. The second-order valence-electron chi connectivity index (χ2n) is 19.9. The van der Waals surface area contributed by atoms with Crippen LogP contribution in [0.4, 0.5) is 4.39 Å². The van der Waals surface area contributed by atoms with Gasteiger partial charge in [-0.15, -0.1) is 48.0 Å². The number of pyridine rings is 2. The number of hydrogen-bond acceptors (Lipinski definition) is 6. The molecular weight excluding hydrogens is 1000 g/mol. The summed E-state index contributed by atoms with van der Waals surface area (Å²) in [5, 5.41) is 4.15. The van der Waals surface area contributed by atoms with Crippen LogP contribution < -0.4 is 10.4 Å². The number of aromatic nitrogens is 5. The maximum absolute atomic E-state index is 12.7. The van der Waals surface area contributed by atoms with E-state index in [0.717, 1.165) is 28.4 Å². The molecule has 1 aliphatic rings. The molecular formula is C54H58FIrN5OSi2-2. The normalized spacial score (nSPS) is 17.1. The molecule has 0 bridgehead atoms. The zero-order chi connectivity index (χ0) is 52.7. The van der Waals surface area contributed by atoms with Crippen LogP contribution in [0.15, 0.2) is 95.7 Å². The molecule has 0 spiro atoms. The Bertz CT molecular complexity index is 3330. The minimum absolute atomic E-state index is 0. The number of aryl methyl sites for hydroxylation is 3. The maximum Gasteiger partial charge on any atom is 0.163 e. The van der Waals surface area contributed by atoms with E-state index in [-0.39, 0.29) is 53.4 Å². The zero-order valence-corrected chi connectivity index (χ0v) is 42.3. The molecule has 0 atom stereocenters. The summed E-state index contributed by atoms with van der Waals surface area (Å²) >= 11 is 0. The maximum atomic E-state index is 12.7. The van der Waals surface area contributed by atoms with E-state index < -0.39 is 36.7 Å². The molecule has 8 aromatic rings. The average Bonchev–Trinajstić information content (AvgIpc) is 3.67. The molecule has 0 fully saturated rings. The predicted octanol–water partition coefficient (Wildman–Crippen LogP) is 13.0. The van der Waals surface area contributed by atoms with Gasteiger partial charge in [0, 0.05) is 72.4 Å². The minimum Gasteiger partial charge on any atom is -0.501 e. The van der Waals surface area contributed by atoms with Crippen LogP contribution >= 0.6 is 0 Å². The van der Waals surface area contributed by atoms with Gasteiger partial charge in [-0.3, -0.25) is 4.39 Å². The third-order valence-corrected chi connectivity index (χ3v) is 19.4. The first-order valence-electron chi connectivity index (χ1n) is 25.7. The van der Waals surface area contributed by atoms with Gasteiger partial charge in [0.2, 0.25) is 0 Å². The van der Waals surface area contributed by atoms with E-state index in [4.69, 9.17) is 31.7 Å². The summed E-state index contributed by atoms with van der Waals surface area (Å²) in [5.74, 6) is 1.62. The summed E-state index contributed by atoms with van der Waals surface area (Å²) in [5.41, 5.74) is 4.73. The molecule has 0 unspecified atom stereocenters. The standard InChI is InChI=1S/C42H49N4OSi2.C12H9FN.Ir/c1-25-20-35-36(49(11,12)19-18-48(35,9)10)23-32(25)31-22-33(43-24-26(31)2)30-15-13-14-29-28-17-16-27(21-34(28)47-37(29)30)38-44-39(41(3,4)5)46-40(45-38)42(6,7)8;1-9-2-7-12(14-8-9)10-3-5-11(13)6-4-10;/h13-14,16-17,20-24H,18-19H2,1-12H3;2-3,5-8H,1H3;/q2*-1;/i1D3,2D3;1D3;. The van der Waals surface area contributed by atoms with Gasteiger partial charge in [-0.05, 0) is 65.8 Å². The van der Waals surface area contributed by atoms with Gasteiger partial charge >= 0.3 is 0 Å². The van der Waals surface area contributed by atoms with Crippen molar-refractivity contribution in [3.8, 4) is 45.0 Å². The molecule has 0 amide bonds. The van der Waals surface area contributed by atoms with Crippen molar-refractivity contribution in [3.63, 3.8) is 0 Å². The van der Waals surface area contributed by atoms with Crippen LogP contribution in [0, 0.1) is 38.5 Å². The van der Waals surface area contributed by atoms with Crippen molar-refractivity contribution in [1.82, 2.24) is 24.9 Å². The molecule has 0 N–H and O–H groups in total. The Labute approximate surface area is 406 Å². The predicted molar refractivity (Wildman–Crippen MR) is 264 cm³/mol. The van der Waals surface area contributed by atoms with E-state index in [0.29, 0.717) is 62.3 Å². The van der Waals surface area contributed by atoms with Gasteiger partial charge in [0.05, 0.1) is 21.7 Å². The molecule has 64 heavy (non-hydrogen) atoms. The first-order chi connectivity index (χ1) is 33.2. The number of nitrogens with zero attached hydrogens (tertiary/aromatic N) is 5. The van der Waals surface area contributed by atoms with Crippen LogP contribution in [0.1, 0.15) is 82.2 Å². The van der Waals surface area contributed by atoms with Crippen LogP contribution in [0.25, 0.3) is 67.0 Å². The Kier molecular flexibility index (Phi) is 9.87. The average molecular weight is 1070 g/mol. The van der Waals surface area contributed by atoms with Gasteiger partial charge in [0.1, 0.15) is 17.2 Å². The fraction of sp³-hybridized carbons (Fsp3) is 0.315. The second-order valence-corrected chi connectivity index (χ2v) is 29.5. The van der Waals surface area contributed by atoms with Crippen molar-refractivity contribution in [2.24, 2.45) is 0 Å². The van der Waals surface area contributed by atoms with Crippen molar-refractivity contribution < 1.29 is 41.2 Å². The van der Waals surface area contributed by atoms with E-state index >= 15 is 0 Å². The van der Waals surface area contributed by atoms with Crippen LogP contribution in [0.3, 0.4) is 0 Å². The van der Waals surface area contributed by atoms with Gasteiger partial charge in [-0.1, -0.05) is 144 Å². The van der Waals surface area contributed by atoms with Gasteiger partial charge in [0.15, 0.2) is 5.82 Å². The second kappa shape index (κ2) is 17.4. The number of fused-ring (bicyclic) bond motifs is 4. The Balaban J connectivity index is 0.000000366. The number of benzene rings is 4. The number of halogens is 1. The van der Waals surface area contributed by atoms with Crippen molar-refractivity contribution in [2.75, 3.05) is 0 Å². The quantitative estimate of drug-likeness (QED) is 0.129. The molecule has 0 aliphatic carbocycles. The Morgan fingerprint density at radius 3 is 1.95 bits per heavy atom. The zero-order valence-electron chi connectivity index (χ0n) is 46.9. The van der Waals surface area contributed by atoms with Crippen molar-refractivity contribution in [2.45, 2.75) is 111 Å². The molecule has 1 aliphatic heterocycles. The van der Waals surface area contributed by atoms with E-state index in [9.17, 15) is 4.39 Å². The van der Waals surface area contributed by atoms with Gasteiger partial charge in [-0.2, -0.15) is 0 Å². The van der Waals surface area contributed by atoms with E-state index in [1.165, 1.54) is 41.0 Å². The van der Waals surface area contributed by atoms with Crippen LogP contribution in [0.5, 0.6) is 0 Å². The molecule has 4 aromatic heterocycles. The third kappa shape index (κ3) is 9.39. The molecule has 5 heterocycles. The molecule has 9 rings (SSSR count). The summed E-state index contributed by atoms with van der Waals surface area (Å²) in [7, 11) is -3.85. The van der Waals surface area contributed by atoms with E-state index in [2.05, 4.69) is 89.8 Å². The first kappa shape index (κ1) is 36.2. The molecule has 0 saturated carbocycles. The number of rotatable bonds is 4.